The molecule has 23 heavy (non-hydrogen) atoms. The Morgan fingerprint density at radius 2 is 1.91 bits per heavy atom. The first-order chi connectivity index (χ1) is 10.5. The zero-order valence-electron chi connectivity index (χ0n) is 13.1. The van der Waals surface area contributed by atoms with Crippen molar-refractivity contribution in [2.24, 2.45) is 0 Å². The molecule has 2 unspecified atom stereocenters. The fourth-order valence-corrected chi connectivity index (χ4v) is 3.67. The van der Waals surface area contributed by atoms with Crippen LogP contribution in [-0.2, 0) is 11.2 Å². The Balaban J connectivity index is 0.00000192. The fraction of sp³-hybridized carbons (Fsp3) is 0.562. The van der Waals surface area contributed by atoms with Gasteiger partial charge in [0.25, 0.3) is 5.69 Å². The molecule has 1 N–H and O–H groups in total. The minimum Gasteiger partial charge on any atom is -0.342 e. The van der Waals surface area contributed by atoms with E-state index < -0.39 is 4.92 Å². The Hall–Kier alpha value is -1.66. The summed E-state index contributed by atoms with van der Waals surface area (Å²) in [7, 11) is 1.83. The fourth-order valence-electron chi connectivity index (χ4n) is 3.67. The number of carbonyl (C=O) groups is 1. The maximum absolute atomic E-state index is 12.5. The predicted octanol–water partition coefficient (Wildman–Crippen LogP) is 2.30. The maximum Gasteiger partial charge on any atom is 0.273 e. The van der Waals surface area contributed by atoms with Crippen molar-refractivity contribution in [3.63, 3.8) is 0 Å². The van der Waals surface area contributed by atoms with Crippen LogP contribution < -0.4 is 5.32 Å². The molecule has 2 bridgehead atoms. The van der Waals surface area contributed by atoms with Crippen LogP contribution in [0.2, 0.25) is 0 Å². The van der Waals surface area contributed by atoms with Gasteiger partial charge in [-0.05, 0) is 25.7 Å². The number of benzene rings is 1. The average molecular weight is 340 g/mol. The second kappa shape index (κ2) is 7.27. The molecule has 1 amide bonds. The van der Waals surface area contributed by atoms with Gasteiger partial charge in [-0.2, -0.15) is 0 Å². The number of para-hydroxylation sites is 1. The molecule has 1 aromatic rings. The molecular formula is C16H22ClN3O3. The van der Waals surface area contributed by atoms with Crippen LogP contribution in [0, 0.1) is 10.1 Å². The van der Waals surface area contributed by atoms with Crippen LogP contribution in [0.3, 0.4) is 0 Å². The lowest BCUT2D eigenvalue weighted by Gasteiger charge is -2.35. The highest BCUT2D eigenvalue weighted by Crippen LogP contribution is 2.29. The van der Waals surface area contributed by atoms with Gasteiger partial charge in [-0.25, -0.2) is 0 Å². The molecule has 126 valence electrons. The summed E-state index contributed by atoms with van der Waals surface area (Å²) < 4.78 is 0. The number of halogens is 1. The van der Waals surface area contributed by atoms with Gasteiger partial charge >= 0.3 is 0 Å². The monoisotopic (exact) mass is 339 g/mol. The van der Waals surface area contributed by atoms with Crippen molar-refractivity contribution in [2.75, 3.05) is 7.05 Å². The molecule has 2 saturated heterocycles. The molecule has 0 aromatic heterocycles. The first-order valence-electron chi connectivity index (χ1n) is 7.78. The number of nitrogens with zero attached hydrogens (tertiary/aromatic N) is 2. The molecule has 2 aliphatic heterocycles. The maximum atomic E-state index is 12.5. The van der Waals surface area contributed by atoms with Gasteiger partial charge < -0.3 is 10.2 Å². The molecule has 0 saturated carbocycles. The highest BCUT2D eigenvalue weighted by Gasteiger charge is 2.36. The van der Waals surface area contributed by atoms with Crippen LogP contribution in [0.4, 0.5) is 5.69 Å². The lowest BCUT2D eigenvalue weighted by Crippen LogP contribution is -2.49. The standard InChI is InChI=1S/C16H21N3O3.ClH/c1-18(14-9-12-6-7-13(10-14)17-12)16(20)8-11-4-2-3-5-15(11)19(21)22;/h2-5,12-14,17H,6-10H2,1H3;1H. The number of fused-ring (bicyclic) bond motifs is 2. The van der Waals surface area contributed by atoms with E-state index in [1.165, 1.54) is 18.9 Å². The molecule has 3 rings (SSSR count). The molecule has 7 heteroatoms. The lowest BCUT2D eigenvalue weighted by atomic mass is 9.98. The van der Waals surface area contributed by atoms with Crippen molar-refractivity contribution >= 4 is 24.0 Å². The number of hydrogen-bond acceptors (Lipinski definition) is 4. The first-order valence-corrected chi connectivity index (χ1v) is 7.78. The third-order valence-corrected chi connectivity index (χ3v) is 4.92. The summed E-state index contributed by atoms with van der Waals surface area (Å²) in [6, 6.07) is 7.76. The Morgan fingerprint density at radius 3 is 2.52 bits per heavy atom. The topological polar surface area (TPSA) is 75.5 Å². The van der Waals surface area contributed by atoms with Crippen LogP contribution in [0.5, 0.6) is 0 Å². The van der Waals surface area contributed by atoms with Crippen LogP contribution in [0.15, 0.2) is 24.3 Å². The number of likely N-dealkylation sites (N-methyl/N-ethyl adjacent to an activating group) is 1. The van der Waals surface area contributed by atoms with Gasteiger partial charge in [-0.15, -0.1) is 12.4 Å². The molecule has 6 nitrogen and oxygen atoms in total. The summed E-state index contributed by atoms with van der Waals surface area (Å²) >= 11 is 0. The number of piperidine rings is 1. The number of amides is 1. The average Bonchev–Trinajstić information content (AvgIpc) is 2.85. The van der Waals surface area contributed by atoms with E-state index >= 15 is 0 Å². The van der Waals surface area contributed by atoms with Crippen molar-refractivity contribution in [1.29, 1.82) is 0 Å². The second-order valence-corrected chi connectivity index (χ2v) is 6.33. The number of nitro benzene ring substituents is 1. The predicted molar refractivity (Wildman–Crippen MR) is 89.8 cm³/mol. The van der Waals surface area contributed by atoms with Crippen LogP contribution >= 0.6 is 12.4 Å². The van der Waals surface area contributed by atoms with Gasteiger partial charge in [-0.3, -0.25) is 14.9 Å². The third-order valence-electron chi connectivity index (χ3n) is 4.92. The summed E-state index contributed by atoms with van der Waals surface area (Å²) in [5.41, 5.74) is 0.510. The van der Waals surface area contributed by atoms with Crippen molar-refractivity contribution in [3.8, 4) is 0 Å². The summed E-state index contributed by atoms with van der Waals surface area (Å²) in [5, 5.41) is 14.6. The molecule has 2 heterocycles. The van der Waals surface area contributed by atoms with Gasteiger partial charge in [0.1, 0.15) is 0 Å². The van der Waals surface area contributed by atoms with Gasteiger partial charge in [0.2, 0.25) is 5.91 Å². The highest BCUT2D eigenvalue weighted by atomic mass is 35.5. The van der Waals surface area contributed by atoms with Crippen molar-refractivity contribution in [1.82, 2.24) is 10.2 Å². The second-order valence-electron chi connectivity index (χ2n) is 6.33. The van der Waals surface area contributed by atoms with Crippen molar-refractivity contribution < 1.29 is 9.72 Å². The van der Waals surface area contributed by atoms with Crippen LogP contribution in [-0.4, -0.2) is 40.9 Å². The highest BCUT2D eigenvalue weighted by molar-refractivity contribution is 5.85. The number of nitrogens with one attached hydrogen (secondary N) is 1. The summed E-state index contributed by atoms with van der Waals surface area (Å²) in [4.78, 5) is 24.9. The molecule has 2 aliphatic rings. The number of carbonyl (C=O) groups excluding carboxylic acids is 1. The smallest absolute Gasteiger partial charge is 0.273 e. The number of nitro groups is 1. The van der Waals surface area contributed by atoms with E-state index in [2.05, 4.69) is 5.32 Å². The zero-order chi connectivity index (χ0) is 15.7. The zero-order valence-corrected chi connectivity index (χ0v) is 13.9. The molecule has 0 aliphatic carbocycles. The minimum atomic E-state index is -0.423. The molecule has 1 aromatic carbocycles. The summed E-state index contributed by atoms with van der Waals surface area (Å²) in [5.74, 6) is -0.0411. The molecule has 0 radical (unpaired) electrons. The van der Waals surface area contributed by atoms with Crippen molar-refractivity contribution in [2.45, 2.75) is 50.2 Å². The van der Waals surface area contributed by atoms with E-state index in [-0.39, 0.29) is 36.5 Å². The Bertz CT molecular complexity index is 584. The number of rotatable bonds is 4. The van der Waals surface area contributed by atoms with E-state index in [4.69, 9.17) is 0 Å². The van der Waals surface area contributed by atoms with E-state index in [1.54, 1.807) is 23.1 Å². The summed E-state index contributed by atoms with van der Waals surface area (Å²) in [6.07, 6.45) is 4.43. The minimum absolute atomic E-state index is 0. The normalized spacial score (nSPS) is 25.5. The van der Waals surface area contributed by atoms with Gasteiger partial charge in [0, 0.05) is 36.8 Å². The molecule has 0 spiro atoms. The van der Waals surface area contributed by atoms with Gasteiger partial charge in [-0.1, -0.05) is 18.2 Å². The Kier molecular flexibility index (Phi) is 5.59. The quantitative estimate of drug-likeness (QED) is 0.674. The van der Waals surface area contributed by atoms with Crippen LogP contribution in [0.1, 0.15) is 31.2 Å². The van der Waals surface area contributed by atoms with Crippen molar-refractivity contribution in [3.05, 3.63) is 39.9 Å². The van der Waals surface area contributed by atoms with E-state index in [9.17, 15) is 14.9 Å². The van der Waals surface area contributed by atoms with E-state index in [0.29, 0.717) is 17.6 Å². The van der Waals surface area contributed by atoms with Crippen LogP contribution in [0.25, 0.3) is 0 Å². The molecular weight excluding hydrogens is 318 g/mol. The largest absolute Gasteiger partial charge is 0.342 e. The van der Waals surface area contributed by atoms with Gasteiger partial charge in [0.05, 0.1) is 11.3 Å². The first kappa shape index (κ1) is 17.7. The van der Waals surface area contributed by atoms with E-state index in [1.807, 2.05) is 7.05 Å². The summed E-state index contributed by atoms with van der Waals surface area (Å²) in [6.45, 7) is 0. The third kappa shape index (κ3) is 3.82. The number of hydrogen-bond donors (Lipinski definition) is 1. The Labute approximate surface area is 141 Å². The Morgan fingerprint density at radius 1 is 1.30 bits per heavy atom. The SMILES string of the molecule is CN(C(=O)Cc1ccccc1[N+](=O)[O-])C1CC2CCC(C1)N2.Cl. The molecule has 2 fully saturated rings. The lowest BCUT2D eigenvalue weighted by molar-refractivity contribution is -0.385. The molecule has 2 atom stereocenters. The van der Waals surface area contributed by atoms with E-state index in [0.717, 1.165) is 12.8 Å². The van der Waals surface area contributed by atoms with Gasteiger partial charge in [0.15, 0.2) is 0 Å².